The van der Waals surface area contributed by atoms with Gasteiger partial charge in [0.2, 0.25) is 5.91 Å². The van der Waals surface area contributed by atoms with E-state index >= 15 is 0 Å². The fourth-order valence-corrected chi connectivity index (χ4v) is 5.98. The summed E-state index contributed by atoms with van der Waals surface area (Å²) in [5.41, 5.74) is 2.08. The molecule has 3 aromatic rings. The third-order valence-corrected chi connectivity index (χ3v) is 7.08. The van der Waals surface area contributed by atoms with Crippen LogP contribution in [0.4, 0.5) is 5.69 Å². The molecule has 5 nitrogen and oxygen atoms in total. The number of hydrogen-bond acceptors (Lipinski definition) is 6. The van der Waals surface area contributed by atoms with E-state index in [9.17, 15) is 4.79 Å². The quantitative estimate of drug-likeness (QED) is 0.478. The number of ether oxygens (including phenoxy) is 1. The Bertz CT molecular complexity index is 1030. The van der Waals surface area contributed by atoms with Crippen LogP contribution in [0.25, 0.3) is 10.2 Å². The molecule has 1 aromatic carbocycles. The molecule has 1 unspecified atom stereocenters. The van der Waals surface area contributed by atoms with E-state index in [1.807, 2.05) is 31.2 Å². The van der Waals surface area contributed by atoms with Crippen LogP contribution in [-0.4, -0.2) is 28.7 Å². The van der Waals surface area contributed by atoms with Crippen LogP contribution in [-0.2, 0) is 17.6 Å². The second-order valence-electron chi connectivity index (χ2n) is 7.15. The number of aromatic nitrogens is 2. The number of thiophene rings is 1. The summed E-state index contributed by atoms with van der Waals surface area (Å²) >= 11 is 3.28. The largest absolute Gasteiger partial charge is 0.495 e. The van der Waals surface area contributed by atoms with Gasteiger partial charge in [0.05, 0.1) is 18.6 Å². The van der Waals surface area contributed by atoms with Crippen molar-refractivity contribution < 1.29 is 9.53 Å². The summed E-state index contributed by atoms with van der Waals surface area (Å²) in [5.74, 6) is 2.35. The van der Waals surface area contributed by atoms with Crippen molar-refractivity contribution in [3.63, 3.8) is 0 Å². The number of carbonyl (C=O) groups is 1. The molecule has 0 radical (unpaired) electrons. The van der Waals surface area contributed by atoms with Gasteiger partial charge in [-0.3, -0.25) is 4.79 Å². The van der Waals surface area contributed by atoms with Gasteiger partial charge in [0.1, 0.15) is 21.4 Å². The molecular formula is C21H23N3O2S2. The summed E-state index contributed by atoms with van der Waals surface area (Å²) in [6.07, 6.45) is 3.39. The number of anilines is 1. The van der Waals surface area contributed by atoms with Gasteiger partial charge in [0.15, 0.2) is 0 Å². The summed E-state index contributed by atoms with van der Waals surface area (Å²) in [6.45, 7) is 4.22. The topological polar surface area (TPSA) is 64.1 Å². The third-order valence-electron chi connectivity index (χ3n) is 4.95. The number of thioether (sulfide) groups is 1. The van der Waals surface area contributed by atoms with Crippen LogP contribution in [0.1, 0.15) is 29.6 Å². The molecule has 0 bridgehead atoms. The molecule has 1 atom stereocenters. The first-order valence-electron chi connectivity index (χ1n) is 9.39. The van der Waals surface area contributed by atoms with Crippen molar-refractivity contribution in [3.05, 3.63) is 40.5 Å². The van der Waals surface area contributed by atoms with Crippen molar-refractivity contribution in [2.24, 2.45) is 5.92 Å². The van der Waals surface area contributed by atoms with E-state index in [4.69, 9.17) is 4.74 Å². The Morgan fingerprint density at radius 2 is 2.18 bits per heavy atom. The molecule has 28 heavy (non-hydrogen) atoms. The number of nitrogens with one attached hydrogen (secondary N) is 1. The van der Waals surface area contributed by atoms with Crippen molar-refractivity contribution in [1.82, 2.24) is 9.97 Å². The van der Waals surface area contributed by atoms with E-state index in [2.05, 4.69) is 22.2 Å². The van der Waals surface area contributed by atoms with Crippen LogP contribution in [0, 0.1) is 12.8 Å². The molecule has 4 rings (SSSR count). The van der Waals surface area contributed by atoms with Gasteiger partial charge in [-0.1, -0.05) is 30.8 Å². The predicted molar refractivity (Wildman–Crippen MR) is 116 cm³/mol. The van der Waals surface area contributed by atoms with E-state index in [1.54, 1.807) is 18.4 Å². The van der Waals surface area contributed by atoms with Gasteiger partial charge >= 0.3 is 0 Å². The van der Waals surface area contributed by atoms with Crippen LogP contribution >= 0.6 is 23.1 Å². The molecule has 1 amide bonds. The van der Waals surface area contributed by atoms with Gasteiger partial charge < -0.3 is 10.1 Å². The van der Waals surface area contributed by atoms with E-state index < -0.39 is 0 Å². The molecule has 2 aromatic heterocycles. The van der Waals surface area contributed by atoms with E-state index in [-0.39, 0.29) is 5.91 Å². The first kappa shape index (κ1) is 19.2. The Morgan fingerprint density at radius 1 is 1.36 bits per heavy atom. The molecular weight excluding hydrogens is 390 g/mol. The number of rotatable bonds is 5. The van der Waals surface area contributed by atoms with Gasteiger partial charge in [-0.15, -0.1) is 11.3 Å². The molecule has 2 heterocycles. The highest BCUT2D eigenvalue weighted by atomic mass is 32.2. The summed E-state index contributed by atoms with van der Waals surface area (Å²) in [5, 5.41) is 5.01. The SMILES string of the molecule is COc1ccccc1NC(=O)CSc1nc(C)nc2sc3c(c12)CCC(C)C3. The van der Waals surface area contributed by atoms with Crippen molar-refractivity contribution in [2.75, 3.05) is 18.2 Å². The number of benzene rings is 1. The number of amides is 1. The molecule has 0 saturated heterocycles. The second kappa shape index (κ2) is 8.09. The zero-order valence-electron chi connectivity index (χ0n) is 16.2. The van der Waals surface area contributed by atoms with Gasteiger partial charge in [-0.25, -0.2) is 9.97 Å². The Kier molecular flexibility index (Phi) is 5.55. The van der Waals surface area contributed by atoms with Crippen LogP contribution in [0.5, 0.6) is 5.75 Å². The highest BCUT2D eigenvalue weighted by molar-refractivity contribution is 8.00. The number of carbonyl (C=O) groups excluding carboxylic acids is 1. The molecule has 1 N–H and O–H groups in total. The number of para-hydroxylation sites is 2. The molecule has 1 aliphatic carbocycles. The van der Waals surface area contributed by atoms with E-state index in [0.717, 1.165) is 39.8 Å². The van der Waals surface area contributed by atoms with Crippen LogP contribution in [0.3, 0.4) is 0 Å². The Balaban J connectivity index is 1.55. The minimum absolute atomic E-state index is 0.0726. The monoisotopic (exact) mass is 413 g/mol. The standard InChI is InChI=1S/C21H23N3O2S2/c1-12-8-9-14-17(10-12)28-21-19(14)20(22-13(2)23-21)27-11-18(25)24-15-6-4-5-7-16(15)26-3/h4-7,12H,8-11H2,1-3H3,(H,24,25). The summed E-state index contributed by atoms with van der Waals surface area (Å²) in [6, 6.07) is 7.43. The third kappa shape index (κ3) is 3.86. The van der Waals surface area contributed by atoms with Crippen molar-refractivity contribution >= 4 is 44.9 Å². The fraction of sp³-hybridized carbons (Fsp3) is 0.381. The number of fused-ring (bicyclic) bond motifs is 3. The lowest BCUT2D eigenvalue weighted by Gasteiger charge is -2.18. The zero-order valence-corrected chi connectivity index (χ0v) is 17.9. The Morgan fingerprint density at radius 3 is 3.00 bits per heavy atom. The molecule has 146 valence electrons. The highest BCUT2D eigenvalue weighted by Crippen LogP contribution is 2.40. The maximum Gasteiger partial charge on any atom is 0.234 e. The van der Waals surface area contributed by atoms with Crippen LogP contribution < -0.4 is 10.1 Å². The first-order valence-corrected chi connectivity index (χ1v) is 11.2. The minimum atomic E-state index is -0.0726. The number of aryl methyl sites for hydroxylation is 2. The van der Waals surface area contributed by atoms with Crippen molar-refractivity contribution in [2.45, 2.75) is 38.1 Å². The average Bonchev–Trinajstić information content (AvgIpc) is 3.03. The molecule has 0 fully saturated rings. The summed E-state index contributed by atoms with van der Waals surface area (Å²) in [7, 11) is 1.60. The molecule has 1 aliphatic rings. The fourth-order valence-electron chi connectivity index (χ4n) is 3.58. The Hall–Kier alpha value is -2.12. The minimum Gasteiger partial charge on any atom is -0.495 e. The van der Waals surface area contributed by atoms with Gasteiger partial charge in [-0.05, 0) is 49.8 Å². The maximum atomic E-state index is 12.5. The van der Waals surface area contributed by atoms with Gasteiger partial charge in [0.25, 0.3) is 0 Å². The Labute approximate surface area is 172 Å². The van der Waals surface area contributed by atoms with Gasteiger partial charge in [-0.2, -0.15) is 0 Å². The number of hydrogen-bond donors (Lipinski definition) is 1. The van der Waals surface area contributed by atoms with E-state index in [1.165, 1.54) is 28.6 Å². The molecule has 0 aliphatic heterocycles. The molecule has 7 heteroatoms. The number of methoxy groups -OCH3 is 1. The average molecular weight is 414 g/mol. The summed E-state index contributed by atoms with van der Waals surface area (Å²) in [4.78, 5) is 24.3. The lowest BCUT2D eigenvalue weighted by molar-refractivity contribution is -0.113. The highest BCUT2D eigenvalue weighted by Gasteiger charge is 2.24. The molecule has 0 spiro atoms. The van der Waals surface area contributed by atoms with Crippen molar-refractivity contribution in [3.8, 4) is 5.75 Å². The first-order chi connectivity index (χ1) is 13.5. The van der Waals surface area contributed by atoms with E-state index in [0.29, 0.717) is 17.2 Å². The van der Waals surface area contributed by atoms with Crippen LogP contribution in [0.2, 0.25) is 0 Å². The van der Waals surface area contributed by atoms with Crippen molar-refractivity contribution in [1.29, 1.82) is 0 Å². The second-order valence-corrected chi connectivity index (χ2v) is 9.19. The van der Waals surface area contributed by atoms with Gasteiger partial charge in [0, 0.05) is 10.3 Å². The van der Waals surface area contributed by atoms with Crippen LogP contribution in [0.15, 0.2) is 29.3 Å². The zero-order chi connectivity index (χ0) is 19.7. The normalized spacial score (nSPS) is 16.0. The lowest BCUT2D eigenvalue weighted by Crippen LogP contribution is -2.15. The number of nitrogens with zero attached hydrogens (tertiary/aromatic N) is 2. The summed E-state index contributed by atoms with van der Waals surface area (Å²) < 4.78 is 5.30. The molecule has 0 saturated carbocycles. The maximum absolute atomic E-state index is 12.5. The predicted octanol–water partition coefficient (Wildman–Crippen LogP) is 4.86. The smallest absolute Gasteiger partial charge is 0.234 e. The lowest BCUT2D eigenvalue weighted by atomic mass is 9.89.